The van der Waals surface area contributed by atoms with Gasteiger partial charge in [-0.15, -0.1) is 0 Å². The number of amides is 1. The molecule has 0 heterocycles. The van der Waals surface area contributed by atoms with E-state index in [4.69, 9.17) is 16.3 Å². The van der Waals surface area contributed by atoms with Gasteiger partial charge in [0.15, 0.2) is 0 Å². The van der Waals surface area contributed by atoms with E-state index in [1.54, 1.807) is 25.3 Å². The van der Waals surface area contributed by atoms with Crippen LogP contribution >= 0.6 is 11.6 Å². The summed E-state index contributed by atoms with van der Waals surface area (Å²) >= 11 is 5.96. The zero-order valence-corrected chi connectivity index (χ0v) is 13.6. The van der Waals surface area contributed by atoms with Crippen LogP contribution in [-0.4, -0.2) is 19.1 Å². The van der Waals surface area contributed by atoms with E-state index >= 15 is 0 Å². The third-order valence-corrected chi connectivity index (χ3v) is 3.73. The third kappa shape index (κ3) is 4.50. The summed E-state index contributed by atoms with van der Waals surface area (Å²) in [6.45, 7) is 2.00. The Bertz CT molecular complexity index is 628. The highest BCUT2D eigenvalue weighted by Gasteiger charge is 2.15. The van der Waals surface area contributed by atoms with Crippen LogP contribution in [-0.2, 0) is 6.42 Å². The van der Waals surface area contributed by atoms with Gasteiger partial charge in [-0.3, -0.25) is 4.79 Å². The molecule has 0 bridgehead atoms. The summed E-state index contributed by atoms with van der Waals surface area (Å²) in [7, 11) is 1.54. The average Bonchev–Trinajstić information content (AvgIpc) is 2.54. The number of aryl methyl sites for hydroxylation is 1. The van der Waals surface area contributed by atoms with Gasteiger partial charge in [-0.05, 0) is 43.5 Å². The molecule has 2 rings (SSSR count). The molecule has 0 aliphatic rings. The van der Waals surface area contributed by atoms with E-state index in [-0.39, 0.29) is 11.9 Å². The maximum Gasteiger partial charge on any atom is 0.255 e. The van der Waals surface area contributed by atoms with Crippen molar-refractivity contribution in [2.24, 2.45) is 0 Å². The van der Waals surface area contributed by atoms with E-state index in [1.165, 1.54) is 5.56 Å². The lowest BCUT2D eigenvalue weighted by Gasteiger charge is -2.15. The minimum Gasteiger partial charge on any atom is -0.496 e. The van der Waals surface area contributed by atoms with Crippen LogP contribution in [0.25, 0.3) is 0 Å². The number of hydrogen-bond donors (Lipinski definition) is 1. The Balaban J connectivity index is 1.95. The molecule has 22 heavy (non-hydrogen) atoms. The van der Waals surface area contributed by atoms with E-state index in [2.05, 4.69) is 17.4 Å². The molecule has 0 aromatic heterocycles. The Morgan fingerprint density at radius 1 is 1.23 bits per heavy atom. The van der Waals surface area contributed by atoms with Gasteiger partial charge in [0.05, 0.1) is 12.7 Å². The van der Waals surface area contributed by atoms with Crippen molar-refractivity contribution in [1.29, 1.82) is 0 Å². The predicted molar refractivity (Wildman–Crippen MR) is 89.7 cm³/mol. The molecule has 116 valence electrons. The zero-order valence-electron chi connectivity index (χ0n) is 12.8. The van der Waals surface area contributed by atoms with Crippen molar-refractivity contribution in [2.75, 3.05) is 7.11 Å². The van der Waals surface area contributed by atoms with Crippen LogP contribution in [0.3, 0.4) is 0 Å². The van der Waals surface area contributed by atoms with Crippen molar-refractivity contribution in [3.63, 3.8) is 0 Å². The Morgan fingerprint density at radius 2 is 1.95 bits per heavy atom. The van der Waals surface area contributed by atoms with Crippen molar-refractivity contribution >= 4 is 17.5 Å². The molecule has 0 fully saturated rings. The largest absolute Gasteiger partial charge is 0.496 e. The van der Waals surface area contributed by atoms with Gasteiger partial charge in [-0.25, -0.2) is 0 Å². The van der Waals surface area contributed by atoms with Gasteiger partial charge in [0, 0.05) is 11.1 Å². The van der Waals surface area contributed by atoms with Crippen LogP contribution in [0.5, 0.6) is 5.75 Å². The van der Waals surface area contributed by atoms with Gasteiger partial charge < -0.3 is 10.1 Å². The summed E-state index contributed by atoms with van der Waals surface area (Å²) in [5.41, 5.74) is 1.73. The van der Waals surface area contributed by atoms with E-state index in [0.29, 0.717) is 16.3 Å². The second-order valence-electron chi connectivity index (χ2n) is 5.24. The molecule has 0 aliphatic heterocycles. The van der Waals surface area contributed by atoms with Crippen molar-refractivity contribution in [3.8, 4) is 5.75 Å². The highest BCUT2D eigenvalue weighted by molar-refractivity contribution is 6.31. The highest BCUT2D eigenvalue weighted by Crippen LogP contribution is 2.22. The maximum atomic E-state index is 12.3. The number of carbonyl (C=O) groups is 1. The molecule has 0 saturated carbocycles. The molecule has 1 atom stereocenters. The first kappa shape index (κ1) is 16.4. The van der Waals surface area contributed by atoms with Gasteiger partial charge in [-0.1, -0.05) is 41.9 Å². The van der Waals surface area contributed by atoms with Gasteiger partial charge in [-0.2, -0.15) is 0 Å². The van der Waals surface area contributed by atoms with E-state index in [0.717, 1.165) is 12.8 Å². The molecule has 4 heteroatoms. The van der Waals surface area contributed by atoms with Crippen molar-refractivity contribution in [1.82, 2.24) is 5.32 Å². The first-order valence-corrected chi connectivity index (χ1v) is 7.66. The van der Waals surface area contributed by atoms with Crippen LogP contribution in [0, 0.1) is 0 Å². The average molecular weight is 318 g/mol. The second kappa shape index (κ2) is 7.85. The fourth-order valence-electron chi connectivity index (χ4n) is 2.26. The Kier molecular flexibility index (Phi) is 5.84. The van der Waals surface area contributed by atoms with E-state index in [1.807, 2.05) is 25.1 Å². The molecule has 0 aliphatic carbocycles. The Labute approximate surface area is 136 Å². The molecular weight excluding hydrogens is 298 g/mol. The number of hydrogen-bond acceptors (Lipinski definition) is 2. The molecule has 0 unspecified atom stereocenters. The minimum absolute atomic E-state index is 0.0661. The summed E-state index contributed by atoms with van der Waals surface area (Å²) < 4.78 is 5.21. The monoisotopic (exact) mass is 317 g/mol. The fraction of sp³-hybridized carbons (Fsp3) is 0.278. The molecular formula is C18H20ClNO2. The smallest absolute Gasteiger partial charge is 0.255 e. The molecule has 0 radical (unpaired) electrons. The lowest BCUT2D eigenvalue weighted by Crippen LogP contribution is -2.33. The quantitative estimate of drug-likeness (QED) is 0.871. The van der Waals surface area contributed by atoms with Gasteiger partial charge in [0.1, 0.15) is 5.75 Å². The first-order valence-electron chi connectivity index (χ1n) is 7.28. The van der Waals surface area contributed by atoms with Gasteiger partial charge >= 0.3 is 0 Å². The predicted octanol–water partition coefficient (Wildman–Crippen LogP) is 4.10. The molecule has 1 amide bonds. The molecule has 2 aromatic carbocycles. The van der Waals surface area contributed by atoms with Gasteiger partial charge in [0.25, 0.3) is 5.91 Å². The molecule has 0 spiro atoms. The van der Waals surface area contributed by atoms with Gasteiger partial charge in [0.2, 0.25) is 0 Å². The topological polar surface area (TPSA) is 38.3 Å². The number of carbonyl (C=O) groups excluding carboxylic acids is 1. The standard InChI is InChI=1S/C18H20ClNO2/c1-13(8-9-14-6-4-3-5-7-14)20-18(21)16-12-15(19)10-11-17(16)22-2/h3-7,10-13H,8-9H2,1-2H3,(H,20,21)/t13-/m0/s1. The normalized spacial score (nSPS) is 11.8. The Morgan fingerprint density at radius 3 is 2.64 bits per heavy atom. The summed E-state index contributed by atoms with van der Waals surface area (Å²) in [6.07, 6.45) is 1.80. The van der Waals surface area contributed by atoms with Crippen LogP contribution in [0.2, 0.25) is 5.02 Å². The lowest BCUT2D eigenvalue weighted by molar-refractivity contribution is 0.0935. The summed E-state index contributed by atoms with van der Waals surface area (Å²) in [5, 5.41) is 3.51. The SMILES string of the molecule is COc1ccc(Cl)cc1C(=O)N[C@@H](C)CCc1ccccc1. The summed E-state index contributed by atoms with van der Waals surface area (Å²) in [4.78, 5) is 12.3. The van der Waals surface area contributed by atoms with Crippen LogP contribution < -0.4 is 10.1 Å². The molecule has 0 saturated heterocycles. The number of benzene rings is 2. The second-order valence-corrected chi connectivity index (χ2v) is 5.68. The van der Waals surface area contributed by atoms with Crippen molar-refractivity contribution < 1.29 is 9.53 Å². The summed E-state index contributed by atoms with van der Waals surface area (Å²) in [5.74, 6) is 0.358. The van der Waals surface area contributed by atoms with Crippen molar-refractivity contribution in [2.45, 2.75) is 25.8 Å². The number of methoxy groups -OCH3 is 1. The molecule has 1 N–H and O–H groups in total. The van der Waals surface area contributed by atoms with E-state index < -0.39 is 0 Å². The van der Waals surface area contributed by atoms with Crippen molar-refractivity contribution in [3.05, 3.63) is 64.7 Å². The number of nitrogens with one attached hydrogen (secondary N) is 1. The van der Waals surface area contributed by atoms with E-state index in [9.17, 15) is 4.79 Å². The fourth-order valence-corrected chi connectivity index (χ4v) is 2.43. The number of rotatable bonds is 6. The van der Waals surface area contributed by atoms with Crippen LogP contribution in [0.1, 0.15) is 29.3 Å². The lowest BCUT2D eigenvalue weighted by atomic mass is 10.1. The third-order valence-electron chi connectivity index (χ3n) is 3.49. The minimum atomic E-state index is -0.167. The molecule has 2 aromatic rings. The Hall–Kier alpha value is -2.00. The first-order chi connectivity index (χ1) is 10.6. The summed E-state index contributed by atoms with van der Waals surface area (Å²) in [6, 6.07) is 15.3. The number of ether oxygens (including phenoxy) is 1. The zero-order chi connectivity index (χ0) is 15.9. The maximum absolute atomic E-state index is 12.3. The van der Waals surface area contributed by atoms with Crippen LogP contribution in [0.15, 0.2) is 48.5 Å². The highest BCUT2D eigenvalue weighted by atomic mass is 35.5. The number of halogens is 1. The van der Waals surface area contributed by atoms with Crippen LogP contribution in [0.4, 0.5) is 0 Å². The molecule has 3 nitrogen and oxygen atoms in total.